The molecule has 174 valence electrons. The number of hydrogen-bond donors (Lipinski definition) is 3. The number of ketones is 1. The summed E-state index contributed by atoms with van der Waals surface area (Å²) >= 11 is 6.34. The molecule has 0 spiro atoms. The van der Waals surface area contributed by atoms with E-state index >= 15 is 0 Å². The van der Waals surface area contributed by atoms with Crippen LogP contribution in [-0.4, -0.2) is 29.2 Å². The number of nitrogens with zero attached hydrogens (tertiary/aromatic N) is 2. The number of aromatic nitrogens is 1. The van der Waals surface area contributed by atoms with Gasteiger partial charge in [-0.25, -0.2) is 13.8 Å². The Bertz CT molecular complexity index is 1150. The summed E-state index contributed by atoms with van der Waals surface area (Å²) in [4.78, 5) is 20.6. The van der Waals surface area contributed by atoms with Crippen molar-refractivity contribution >= 4 is 40.5 Å². The van der Waals surface area contributed by atoms with Gasteiger partial charge in [-0.15, -0.1) is 0 Å². The van der Waals surface area contributed by atoms with Gasteiger partial charge in [-0.3, -0.25) is 9.79 Å². The van der Waals surface area contributed by atoms with Gasteiger partial charge < -0.3 is 16.0 Å². The van der Waals surface area contributed by atoms with Crippen LogP contribution < -0.4 is 16.0 Å². The largest absolute Gasteiger partial charge is 0.365 e. The van der Waals surface area contributed by atoms with Crippen molar-refractivity contribution in [2.45, 2.75) is 45.6 Å². The lowest BCUT2D eigenvalue weighted by Gasteiger charge is -2.48. The number of nitrogens with one attached hydrogen (secondary N) is 3. The highest BCUT2D eigenvalue weighted by atomic mass is 35.5. The molecule has 9 heteroatoms. The molecular formula is C24H26ClF2N5O. The number of carbonyl (C=O) groups excluding carboxylic acids is 1. The van der Waals surface area contributed by atoms with Crippen LogP contribution in [0.15, 0.2) is 42.0 Å². The Morgan fingerprint density at radius 1 is 1.33 bits per heavy atom. The summed E-state index contributed by atoms with van der Waals surface area (Å²) in [5.41, 5.74) is 2.23. The summed E-state index contributed by atoms with van der Waals surface area (Å²) < 4.78 is 28.4. The Morgan fingerprint density at radius 2 is 2.12 bits per heavy atom. The van der Waals surface area contributed by atoms with Crippen molar-refractivity contribution in [2.24, 2.45) is 10.4 Å². The van der Waals surface area contributed by atoms with Crippen LogP contribution in [0.2, 0.25) is 5.02 Å². The van der Waals surface area contributed by atoms with Crippen molar-refractivity contribution in [3.05, 3.63) is 58.8 Å². The lowest BCUT2D eigenvalue weighted by Crippen LogP contribution is -2.53. The first kappa shape index (κ1) is 23.2. The van der Waals surface area contributed by atoms with Crippen LogP contribution in [0.5, 0.6) is 0 Å². The summed E-state index contributed by atoms with van der Waals surface area (Å²) in [5.74, 6) is -1.96. The average Bonchev–Trinajstić information content (AvgIpc) is 2.78. The zero-order valence-electron chi connectivity index (χ0n) is 18.6. The zero-order chi connectivity index (χ0) is 23.8. The predicted molar refractivity (Wildman–Crippen MR) is 128 cm³/mol. The molecule has 0 saturated heterocycles. The molecule has 2 heterocycles. The number of halogens is 3. The second-order valence-electron chi connectivity index (χ2n) is 8.53. The fraction of sp³-hybridized carbons (Fsp3) is 0.375. The standard InChI is InChI=1S/C24H26ClF2N5O/c1-4-23(7-8-24(23,26)27)13-30-22-31-14(2)19-11-17(25)10-16(20(19)32-22)12-29-21-18(15(3)33)6-5-9-28-21/h5-6,9-11H,2,4,7-8,12-13H2,1,3H3,(H,28,29)(H2,30,31,32). The van der Waals surface area contributed by atoms with E-state index in [4.69, 9.17) is 11.6 Å². The Hall–Kier alpha value is -3.00. The number of benzene rings is 1. The molecule has 1 aromatic carbocycles. The van der Waals surface area contributed by atoms with E-state index in [2.05, 4.69) is 32.5 Å². The van der Waals surface area contributed by atoms with Gasteiger partial charge in [0.05, 0.1) is 23.2 Å². The Kier molecular flexibility index (Phi) is 6.14. The van der Waals surface area contributed by atoms with Crippen molar-refractivity contribution in [3.8, 4) is 0 Å². The number of aliphatic imine (C=N–C) groups is 1. The fourth-order valence-electron chi connectivity index (χ4n) is 4.28. The second kappa shape index (κ2) is 8.74. The molecule has 2 aliphatic rings. The van der Waals surface area contributed by atoms with E-state index in [1.807, 2.05) is 0 Å². The van der Waals surface area contributed by atoms with Crippen LogP contribution in [0.25, 0.3) is 5.70 Å². The van der Waals surface area contributed by atoms with Gasteiger partial charge in [0, 0.05) is 35.4 Å². The van der Waals surface area contributed by atoms with Crippen molar-refractivity contribution in [1.82, 2.24) is 10.3 Å². The van der Waals surface area contributed by atoms with E-state index in [0.29, 0.717) is 47.4 Å². The van der Waals surface area contributed by atoms with Crippen LogP contribution in [0.3, 0.4) is 0 Å². The van der Waals surface area contributed by atoms with Gasteiger partial charge >= 0.3 is 0 Å². The summed E-state index contributed by atoms with van der Waals surface area (Å²) in [6.07, 6.45) is 2.34. The maximum Gasteiger partial charge on any atom is 0.255 e. The number of guanidine groups is 1. The number of Topliss-reactive ketones (excluding diaryl/α,β-unsaturated/α-hetero) is 1. The SMILES string of the molecule is C=C1NC(=NCC2(CC)CCC2(F)F)Nc2c(CNc3ncccc3C(C)=O)cc(Cl)cc21. The minimum Gasteiger partial charge on any atom is -0.365 e. The van der Waals surface area contributed by atoms with E-state index in [1.54, 1.807) is 37.4 Å². The molecule has 6 nitrogen and oxygen atoms in total. The molecule has 1 fully saturated rings. The molecule has 4 rings (SSSR count). The molecule has 0 bridgehead atoms. The zero-order valence-corrected chi connectivity index (χ0v) is 19.3. The van der Waals surface area contributed by atoms with Gasteiger partial charge in [0.15, 0.2) is 11.7 Å². The lowest BCUT2D eigenvalue weighted by molar-refractivity contribution is -0.197. The van der Waals surface area contributed by atoms with Crippen molar-refractivity contribution in [3.63, 3.8) is 0 Å². The molecule has 1 unspecified atom stereocenters. The summed E-state index contributed by atoms with van der Waals surface area (Å²) in [5, 5.41) is 9.99. The third-order valence-corrected chi connectivity index (χ3v) is 6.78. The van der Waals surface area contributed by atoms with E-state index in [0.717, 1.165) is 16.8 Å². The van der Waals surface area contributed by atoms with Gasteiger partial charge in [-0.05, 0) is 49.6 Å². The topological polar surface area (TPSA) is 78.4 Å². The van der Waals surface area contributed by atoms with Gasteiger partial charge in [0.2, 0.25) is 0 Å². The van der Waals surface area contributed by atoms with Gasteiger partial charge in [0.25, 0.3) is 5.92 Å². The predicted octanol–water partition coefficient (Wildman–Crippen LogP) is 5.72. The third kappa shape index (κ3) is 4.31. The first-order chi connectivity index (χ1) is 15.7. The Balaban J connectivity index is 1.59. The third-order valence-electron chi connectivity index (χ3n) is 6.57. The van der Waals surface area contributed by atoms with Crippen LogP contribution in [0, 0.1) is 5.41 Å². The molecule has 1 aliphatic heterocycles. The number of fused-ring (bicyclic) bond motifs is 1. The summed E-state index contributed by atoms with van der Waals surface area (Å²) in [6.45, 7) is 7.66. The number of pyridine rings is 1. The maximum atomic E-state index is 14.2. The molecule has 1 aliphatic carbocycles. The van der Waals surface area contributed by atoms with Crippen molar-refractivity contribution in [1.29, 1.82) is 0 Å². The molecule has 2 aromatic rings. The molecule has 33 heavy (non-hydrogen) atoms. The molecule has 3 N–H and O–H groups in total. The molecule has 1 aromatic heterocycles. The second-order valence-corrected chi connectivity index (χ2v) is 8.96. The fourth-order valence-corrected chi connectivity index (χ4v) is 4.52. The Morgan fingerprint density at radius 3 is 2.76 bits per heavy atom. The molecule has 1 atom stereocenters. The lowest BCUT2D eigenvalue weighted by atomic mass is 9.63. The number of anilines is 2. The first-order valence-corrected chi connectivity index (χ1v) is 11.2. The van der Waals surface area contributed by atoms with Crippen LogP contribution in [0.1, 0.15) is 54.6 Å². The molecule has 0 radical (unpaired) electrons. The highest BCUT2D eigenvalue weighted by molar-refractivity contribution is 6.31. The van der Waals surface area contributed by atoms with Crippen LogP contribution >= 0.6 is 11.6 Å². The van der Waals surface area contributed by atoms with Gasteiger partial charge in [-0.2, -0.15) is 0 Å². The van der Waals surface area contributed by atoms with Crippen molar-refractivity contribution in [2.75, 3.05) is 17.2 Å². The number of alkyl halides is 2. The maximum absolute atomic E-state index is 14.2. The quantitative estimate of drug-likeness (QED) is 0.448. The van der Waals surface area contributed by atoms with E-state index in [-0.39, 0.29) is 18.7 Å². The highest BCUT2D eigenvalue weighted by Gasteiger charge is 2.60. The average molecular weight is 474 g/mol. The number of rotatable bonds is 7. The molecule has 1 saturated carbocycles. The molecular weight excluding hydrogens is 448 g/mol. The summed E-state index contributed by atoms with van der Waals surface area (Å²) in [6, 6.07) is 6.98. The minimum absolute atomic E-state index is 0.0194. The van der Waals surface area contributed by atoms with E-state index in [9.17, 15) is 13.6 Å². The summed E-state index contributed by atoms with van der Waals surface area (Å²) in [7, 11) is 0. The first-order valence-electron chi connectivity index (χ1n) is 10.8. The van der Waals surface area contributed by atoms with Crippen LogP contribution in [-0.2, 0) is 6.54 Å². The van der Waals surface area contributed by atoms with Crippen LogP contribution in [0.4, 0.5) is 20.3 Å². The minimum atomic E-state index is -2.70. The normalized spacial score (nSPS) is 22.1. The number of carbonyl (C=O) groups is 1. The Labute approximate surface area is 196 Å². The monoisotopic (exact) mass is 473 g/mol. The smallest absolute Gasteiger partial charge is 0.255 e. The highest BCUT2D eigenvalue weighted by Crippen LogP contribution is 2.56. The van der Waals surface area contributed by atoms with Gasteiger partial charge in [-0.1, -0.05) is 25.1 Å². The van der Waals surface area contributed by atoms with Gasteiger partial charge in [0.1, 0.15) is 5.82 Å². The van der Waals surface area contributed by atoms with E-state index in [1.165, 1.54) is 6.92 Å². The number of hydrogen-bond acceptors (Lipinski definition) is 4. The molecule has 0 amide bonds. The van der Waals surface area contributed by atoms with E-state index < -0.39 is 11.3 Å². The van der Waals surface area contributed by atoms with Crippen molar-refractivity contribution < 1.29 is 13.6 Å².